The summed E-state index contributed by atoms with van der Waals surface area (Å²) in [6.07, 6.45) is 0. The molecule has 0 atom stereocenters. The number of hydrogen-bond donors (Lipinski definition) is 0. The summed E-state index contributed by atoms with van der Waals surface area (Å²) in [5.41, 5.74) is 12.3. The number of nitrogens with zero attached hydrogens (tertiary/aromatic N) is 4. The molecule has 0 aliphatic carbocycles. The summed E-state index contributed by atoms with van der Waals surface area (Å²) in [6, 6.07) is 64.1. The van der Waals surface area contributed by atoms with Gasteiger partial charge in [-0.05, 0) is 59.7 Å². The molecule has 0 N–H and O–H groups in total. The molecule has 0 aliphatic rings. The molecule has 256 valence electrons. The molecule has 8 aromatic carbocycles. The second-order valence-electron chi connectivity index (χ2n) is 14.1. The molecule has 0 radical (unpaired) electrons. The number of fused-ring (bicyclic) bond motifs is 12. The predicted molar refractivity (Wildman–Crippen MR) is 226 cm³/mol. The summed E-state index contributed by atoms with van der Waals surface area (Å²) in [6.45, 7) is 0. The van der Waals surface area contributed by atoms with Crippen LogP contribution < -0.4 is 0 Å². The molecule has 12 aromatic rings. The normalized spacial score (nSPS) is 12.0. The van der Waals surface area contributed by atoms with Crippen molar-refractivity contribution in [2.75, 3.05) is 0 Å². The molecule has 0 saturated heterocycles. The van der Waals surface area contributed by atoms with Gasteiger partial charge in [0.05, 0.1) is 38.7 Å². The third-order valence-electron chi connectivity index (χ3n) is 11.1. The summed E-state index contributed by atoms with van der Waals surface area (Å²) < 4.78 is 11.2. The van der Waals surface area contributed by atoms with Crippen LogP contribution in [-0.4, -0.2) is 19.1 Å². The van der Waals surface area contributed by atoms with Gasteiger partial charge in [0.1, 0.15) is 11.2 Å². The Morgan fingerprint density at radius 3 is 1.80 bits per heavy atom. The third kappa shape index (κ3) is 4.35. The van der Waals surface area contributed by atoms with Crippen LogP contribution in [0.3, 0.4) is 0 Å². The Hall–Kier alpha value is -7.50. The fraction of sp³-hybridized carbons (Fsp3) is 0. The van der Waals surface area contributed by atoms with E-state index in [-0.39, 0.29) is 0 Å². The van der Waals surface area contributed by atoms with Gasteiger partial charge in [-0.15, -0.1) is 0 Å². The summed E-state index contributed by atoms with van der Waals surface area (Å²) in [4.78, 5) is 11.0. The largest absolute Gasteiger partial charge is 0.456 e. The van der Waals surface area contributed by atoms with Crippen molar-refractivity contribution >= 4 is 76.5 Å². The van der Waals surface area contributed by atoms with E-state index in [2.05, 4.69) is 173 Å². The van der Waals surface area contributed by atoms with Crippen molar-refractivity contribution in [2.45, 2.75) is 0 Å². The lowest BCUT2D eigenvalue weighted by Crippen LogP contribution is -2.04. The van der Waals surface area contributed by atoms with Crippen molar-refractivity contribution in [1.82, 2.24) is 19.1 Å². The molecule has 12 rings (SSSR count). The fourth-order valence-electron chi connectivity index (χ4n) is 8.74. The molecular weight excluding hydrogens is 673 g/mol. The second-order valence-corrected chi connectivity index (χ2v) is 14.1. The summed E-state index contributed by atoms with van der Waals surface area (Å²) in [5, 5.41) is 7.70. The molecule has 5 heteroatoms. The van der Waals surface area contributed by atoms with Crippen molar-refractivity contribution in [3.05, 3.63) is 182 Å². The van der Waals surface area contributed by atoms with Crippen molar-refractivity contribution < 1.29 is 4.42 Å². The zero-order valence-electron chi connectivity index (χ0n) is 29.5. The molecule has 0 amide bonds. The number of hydrogen-bond acceptors (Lipinski definition) is 3. The van der Waals surface area contributed by atoms with Crippen LogP contribution in [0, 0.1) is 0 Å². The highest BCUT2D eigenvalue weighted by molar-refractivity contribution is 6.30. The van der Waals surface area contributed by atoms with E-state index >= 15 is 0 Å². The standard InChI is InChI=1S/C50H30N4O/c1-3-13-31(14-4-1)32-23-25-33(26-24-32)47-37-17-7-10-20-40(37)51-50(52-47)54-48-35(36-28-30-44-46(49(36)54)39-19-9-12-22-43(39)55-44)27-29-42-45(48)38-18-8-11-21-41(38)53(42)34-15-5-2-6-16-34/h1-30H. The SMILES string of the molecule is c1ccc(-c2ccc(-c3nc(-n4c5c(ccc6oc7ccccc7c65)c5ccc6c(c7ccccc7n6-c6ccccc6)c54)nc4ccccc34)cc2)cc1. The fourth-order valence-corrected chi connectivity index (χ4v) is 8.74. The van der Waals surface area contributed by atoms with Gasteiger partial charge in [0, 0.05) is 43.6 Å². The topological polar surface area (TPSA) is 48.8 Å². The Morgan fingerprint density at radius 2 is 0.982 bits per heavy atom. The summed E-state index contributed by atoms with van der Waals surface area (Å²) in [7, 11) is 0. The Bertz CT molecular complexity index is 3470. The molecule has 0 aliphatic heterocycles. The van der Waals surface area contributed by atoms with Gasteiger partial charge in [0.15, 0.2) is 0 Å². The highest BCUT2D eigenvalue weighted by atomic mass is 16.3. The quantitative estimate of drug-likeness (QED) is 0.183. The van der Waals surface area contributed by atoms with Gasteiger partial charge in [0.2, 0.25) is 5.95 Å². The number of aromatic nitrogens is 4. The Kier molecular flexibility index (Phi) is 6.27. The minimum absolute atomic E-state index is 0.614. The van der Waals surface area contributed by atoms with Crippen molar-refractivity contribution in [3.63, 3.8) is 0 Å². The monoisotopic (exact) mass is 702 g/mol. The molecule has 0 unspecified atom stereocenters. The maximum Gasteiger partial charge on any atom is 0.235 e. The van der Waals surface area contributed by atoms with Gasteiger partial charge < -0.3 is 8.98 Å². The van der Waals surface area contributed by atoms with Gasteiger partial charge in [-0.1, -0.05) is 133 Å². The molecular formula is C50H30N4O. The Balaban J connectivity index is 1.25. The van der Waals surface area contributed by atoms with Gasteiger partial charge in [-0.3, -0.25) is 4.57 Å². The van der Waals surface area contributed by atoms with Crippen molar-refractivity contribution in [2.24, 2.45) is 0 Å². The van der Waals surface area contributed by atoms with E-state index in [0.29, 0.717) is 5.95 Å². The van der Waals surface area contributed by atoms with Crippen LogP contribution in [0.15, 0.2) is 186 Å². The number of para-hydroxylation sites is 4. The van der Waals surface area contributed by atoms with Crippen LogP contribution >= 0.6 is 0 Å². The lowest BCUT2D eigenvalue weighted by Gasteiger charge is -2.13. The van der Waals surface area contributed by atoms with Gasteiger partial charge >= 0.3 is 0 Å². The Labute approximate surface area is 315 Å². The lowest BCUT2D eigenvalue weighted by atomic mass is 10.0. The van der Waals surface area contributed by atoms with Crippen LogP contribution in [0.2, 0.25) is 0 Å². The van der Waals surface area contributed by atoms with Gasteiger partial charge in [0.25, 0.3) is 0 Å². The first-order valence-electron chi connectivity index (χ1n) is 18.6. The summed E-state index contributed by atoms with van der Waals surface area (Å²) in [5.74, 6) is 0.614. The average molecular weight is 703 g/mol. The van der Waals surface area contributed by atoms with Crippen LogP contribution in [-0.2, 0) is 0 Å². The highest BCUT2D eigenvalue weighted by Crippen LogP contribution is 2.45. The zero-order chi connectivity index (χ0) is 36.0. The third-order valence-corrected chi connectivity index (χ3v) is 11.1. The molecule has 55 heavy (non-hydrogen) atoms. The molecule has 4 aromatic heterocycles. The van der Waals surface area contributed by atoms with E-state index in [0.717, 1.165) is 93.6 Å². The maximum atomic E-state index is 6.52. The first kappa shape index (κ1) is 30.0. The number of rotatable bonds is 4. The zero-order valence-corrected chi connectivity index (χ0v) is 29.5. The van der Waals surface area contributed by atoms with Crippen molar-refractivity contribution in [3.8, 4) is 34.0 Å². The van der Waals surface area contributed by atoms with E-state index in [9.17, 15) is 0 Å². The summed E-state index contributed by atoms with van der Waals surface area (Å²) >= 11 is 0. The van der Waals surface area contributed by atoms with E-state index in [1.165, 1.54) is 10.9 Å². The minimum Gasteiger partial charge on any atom is -0.456 e. The van der Waals surface area contributed by atoms with Crippen molar-refractivity contribution in [1.29, 1.82) is 0 Å². The van der Waals surface area contributed by atoms with Crippen LogP contribution in [0.5, 0.6) is 0 Å². The van der Waals surface area contributed by atoms with Gasteiger partial charge in [-0.2, -0.15) is 0 Å². The molecule has 0 spiro atoms. The first-order chi connectivity index (χ1) is 27.3. The first-order valence-corrected chi connectivity index (χ1v) is 18.6. The lowest BCUT2D eigenvalue weighted by molar-refractivity contribution is 0.669. The van der Waals surface area contributed by atoms with Crippen LogP contribution in [0.4, 0.5) is 0 Å². The minimum atomic E-state index is 0.614. The number of furan rings is 1. The Morgan fingerprint density at radius 1 is 0.364 bits per heavy atom. The molecule has 0 bridgehead atoms. The maximum absolute atomic E-state index is 6.52. The van der Waals surface area contributed by atoms with Crippen LogP contribution in [0.25, 0.3) is 110 Å². The predicted octanol–water partition coefficient (Wildman–Crippen LogP) is 13.1. The number of benzene rings is 8. The van der Waals surface area contributed by atoms with E-state index < -0.39 is 0 Å². The van der Waals surface area contributed by atoms with E-state index in [1.807, 2.05) is 18.2 Å². The smallest absolute Gasteiger partial charge is 0.235 e. The molecule has 4 heterocycles. The average Bonchev–Trinajstić information content (AvgIpc) is 3.91. The molecule has 5 nitrogen and oxygen atoms in total. The second kappa shape index (κ2) is 11.5. The van der Waals surface area contributed by atoms with Crippen LogP contribution in [0.1, 0.15) is 0 Å². The van der Waals surface area contributed by atoms with E-state index in [1.54, 1.807) is 0 Å². The highest BCUT2D eigenvalue weighted by Gasteiger charge is 2.25. The molecule has 0 saturated carbocycles. The van der Waals surface area contributed by atoms with E-state index in [4.69, 9.17) is 14.4 Å². The van der Waals surface area contributed by atoms with Gasteiger partial charge in [-0.25, -0.2) is 9.97 Å². The molecule has 0 fully saturated rings.